The van der Waals surface area contributed by atoms with Gasteiger partial charge < -0.3 is 14.9 Å². The van der Waals surface area contributed by atoms with Gasteiger partial charge in [0.15, 0.2) is 11.4 Å². The molecule has 5 aliphatic rings. The first-order valence-electron chi connectivity index (χ1n) is 13.4. The van der Waals surface area contributed by atoms with E-state index in [1.165, 1.54) is 31.3 Å². The van der Waals surface area contributed by atoms with Crippen molar-refractivity contribution >= 4 is 5.78 Å². The maximum atomic E-state index is 13.0. The molecule has 0 amide bonds. The zero-order valence-corrected chi connectivity index (χ0v) is 20.7. The molecule has 1 heterocycles. The molecule has 0 aromatic carbocycles. The number of rotatable bonds is 6. The molecule has 4 nitrogen and oxygen atoms in total. The Balaban J connectivity index is 1.33. The van der Waals surface area contributed by atoms with Crippen molar-refractivity contribution in [1.82, 2.24) is 0 Å². The lowest BCUT2D eigenvalue weighted by atomic mass is 9.60. The summed E-state index contributed by atoms with van der Waals surface area (Å²) < 4.78 is 6.27. The topological polar surface area (TPSA) is 70.1 Å². The molecule has 0 aromatic rings. The number of aliphatic hydroxyl groups excluding tert-OH is 2. The quantitative estimate of drug-likeness (QED) is 0.535. The van der Waals surface area contributed by atoms with E-state index in [4.69, 9.17) is 4.74 Å². The SMILES string of the molecule is C=C1/C(=C\C=C2/CCC[C@@]3(C)C2CC[C@@H]3[C@H](C)C2OC2(CC)C(=O)C2CC2)C[C@@H](O)C[C@@H]1O. The highest BCUT2D eigenvalue weighted by Crippen LogP contribution is 2.63. The molecule has 2 N–H and O–H groups in total. The Morgan fingerprint density at radius 1 is 1.24 bits per heavy atom. The highest BCUT2D eigenvalue weighted by Gasteiger charge is 2.67. The van der Waals surface area contributed by atoms with Crippen LogP contribution in [0.5, 0.6) is 0 Å². The third-order valence-corrected chi connectivity index (χ3v) is 10.0. The van der Waals surface area contributed by atoms with E-state index in [2.05, 4.69) is 39.5 Å². The number of ketones is 1. The van der Waals surface area contributed by atoms with Gasteiger partial charge in [-0.3, -0.25) is 4.79 Å². The number of epoxide rings is 1. The van der Waals surface area contributed by atoms with Crippen molar-refractivity contribution < 1.29 is 19.7 Å². The van der Waals surface area contributed by atoms with E-state index in [1.54, 1.807) is 0 Å². The highest BCUT2D eigenvalue weighted by atomic mass is 16.6. The fourth-order valence-electron chi connectivity index (χ4n) is 7.89. The van der Waals surface area contributed by atoms with E-state index in [0.29, 0.717) is 36.4 Å². The predicted molar refractivity (Wildman–Crippen MR) is 130 cm³/mol. The normalized spacial score (nSPS) is 46.5. The molecule has 4 saturated carbocycles. The smallest absolute Gasteiger partial charge is 0.170 e. The number of fused-ring (bicyclic) bond motifs is 1. The van der Waals surface area contributed by atoms with Crippen LogP contribution in [-0.4, -0.2) is 39.9 Å². The summed E-state index contributed by atoms with van der Waals surface area (Å²) in [6.45, 7) is 11.0. The molecule has 0 spiro atoms. The molecule has 4 aliphatic carbocycles. The largest absolute Gasteiger partial charge is 0.393 e. The van der Waals surface area contributed by atoms with Crippen molar-refractivity contribution in [2.24, 2.45) is 29.1 Å². The summed E-state index contributed by atoms with van der Waals surface area (Å²) >= 11 is 0. The molecule has 8 atom stereocenters. The van der Waals surface area contributed by atoms with Gasteiger partial charge in [0.2, 0.25) is 0 Å². The summed E-state index contributed by atoms with van der Waals surface area (Å²) in [6, 6.07) is 0. The van der Waals surface area contributed by atoms with Crippen LogP contribution in [-0.2, 0) is 9.53 Å². The van der Waals surface area contributed by atoms with E-state index in [9.17, 15) is 15.0 Å². The van der Waals surface area contributed by atoms with E-state index in [0.717, 1.165) is 36.8 Å². The molecule has 3 unspecified atom stereocenters. The van der Waals surface area contributed by atoms with Crippen LogP contribution in [0, 0.1) is 29.1 Å². The van der Waals surface area contributed by atoms with Crippen LogP contribution in [0.25, 0.3) is 0 Å². The molecule has 33 heavy (non-hydrogen) atoms. The fourth-order valence-corrected chi connectivity index (χ4v) is 7.89. The van der Waals surface area contributed by atoms with E-state index >= 15 is 0 Å². The van der Waals surface area contributed by atoms with Gasteiger partial charge >= 0.3 is 0 Å². The van der Waals surface area contributed by atoms with Crippen molar-refractivity contribution in [3.8, 4) is 0 Å². The second-order valence-electron chi connectivity index (χ2n) is 11.9. The number of carbonyl (C=O) groups excluding carboxylic acids is 1. The summed E-state index contributed by atoms with van der Waals surface area (Å²) in [7, 11) is 0. The van der Waals surface area contributed by atoms with Gasteiger partial charge in [-0.25, -0.2) is 0 Å². The van der Waals surface area contributed by atoms with Gasteiger partial charge in [0.05, 0.1) is 18.3 Å². The molecule has 182 valence electrons. The first-order valence-corrected chi connectivity index (χ1v) is 13.4. The van der Waals surface area contributed by atoms with Crippen LogP contribution in [0.2, 0.25) is 0 Å². The summed E-state index contributed by atoms with van der Waals surface area (Å²) in [5.41, 5.74) is 3.02. The van der Waals surface area contributed by atoms with Gasteiger partial charge in [0.25, 0.3) is 0 Å². The molecule has 4 heteroatoms. The molecule has 0 aromatic heterocycles. The minimum Gasteiger partial charge on any atom is -0.393 e. The van der Waals surface area contributed by atoms with Crippen molar-refractivity contribution in [1.29, 1.82) is 0 Å². The summed E-state index contributed by atoms with van der Waals surface area (Å²) in [6.07, 6.45) is 13.2. The molecular weight excluding hydrogens is 412 g/mol. The van der Waals surface area contributed by atoms with Gasteiger partial charge in [0, 0.05) is 12.3 Å². The summed E-state index contributed by atoms with van der Waals surface area (Å²) in [5.74, 6) is 2.20. The first-order chi connectivity index (χ1) is 15.7. The monoisotopic (exact) mass is 454 g/mol. The van der Waals surface area contributed by atoms with Crippen LogP contribution in [0.3, 0.4) is 0 Å². The van der Waals surface area contributed by atoms with Crippen molar-refractivity contribution in [3.63, 3.8) is 0 Å². The lowest BCUT2D eigenvalue weighted by Gasteiger charge is -2.44. The van der Waals surface area contributed by atoms with E-state index in [1.807, 2.05) is 0 Å². The molecule has 0 radical (unpaired) electrons. The third kappa shape index (κ3) is 3.90. The second-order valence-corrected chi connectivity index (χ2v) is 11.9. The molecule has 5 rings (SSSR count). The lowest BCUT2D eigenvalue weighted by molar-refractivity contribution is -0.125. The molecule has 1 saturated heterocycles. The van der Waals surface area contributed by atoms with Crippen molar-refractivity contribution in [3.05, 3.63) is 35.5 Å². The summed E-state index contributed by atoms with van der Waals surface area (Å²) in [4.78, 5) is 13.0. The van der Waals surface area contributed by atoms with Crippen LogP contribution in [0.1, 0.15) is 85.0 Å². The first kappa shape index (κ1) is 23.5. The summed E-state index contributed by atoms with van der Waals surface area (Å²) in [5, 5.41) is 20.3. The van der Waals surface area contributed by atoms with Gasteiger partial charge in [-0.15, -0.1) is 0 Å². The zero-order chi connectivity index (χ0) is 23.5. The number of hydrogen-bond donors (Lipinski definition) is 2. The maximum absolute atomic E-state index is 13.0. The standard InChI is InChI=1S/C29H42O4/c1-5-29(26(32)20-9-10-20)27(33-29)18(3)23-12-13-24-19(7-6-14-28(23,24)4)8-11-21-15-22(30)16-25(31)17(21)2/h8,11,18,20,22-25,27,30-31H,2,5-7,9-10,12-16H2,1,3-4H3/b19-8+,21-11-/t18-,22+,23+,24?,25-,27?,28+,29?/m0/s1. The Labute approximate surface area is 199 Å². The Kier molecular flexibility index (Phi) is 6.03. The average Bonchev–Trinajstić information content (AvgIpc) is 3.70. The lowest BCUT2D eigenvalue weighted by Crippen LogP contribution is -2.39. The second kappa shape index (κ2) is 8.46. The Bertz CT molecular complexity index is 882. The average molecular weight is 455 g/mol. The number of ether oxygens (including phenoxy) is 1. The Morgan fingerprint density at radius 3 is 2.70 bits per heavy atom. The van der Waals surface area contributed by atoms with Gasteiger partial charge in [-0.05, 0) is 92.1 Å². The van der Waals surface area contributed by atoms with E-state index < -0.39 is 17.8 Å². The third-order valence-electron chi connectivity index (χ3n) is 10.0. The fraction of sp³-hybridized carbons (Fsp3) is 0.759. The van der Waals surface area contributed by atoms with Crippen LogP contribution >= 0.6 is 0 Å². The maximum Gasteiger partial charge on any atom is 0.170 e. The number of hydrogen-bond acceptors (Lipinski definition) is 4. The minimum absolute atomic E-state index is 0.0983. The Morgan fingerprint density at radius 2 is 2.00 bits per heavy atom. The number of allylic oxidation sites excluding steroid dienone is 3. The number of aliphatic hydroxyl groups is 2. The van der Waals surface area contributed by atoms with Crippen molar-refractivity contribution in [2.75, 3.05) is 0 Å². The van der Waals surface area contributed by atoms with Gasteiger partial charge in [-0.1, -0.05) is 45.1 Å². The van der Waals surface area contributed by atoms with Crippen molar-refractivity contribution in [2.45, 2.75) is 109 Å². The molecule has 0 bridgehead atoms. The van der Waals surface area contributed by atoms with E-state index in [-0.39, 0.29) is 17.4 Å². The predicted octanol–water partition coefficient (Wildman–Crippen LogP) is 5.29. The van der Waals surface area contributed by atoms with Crippen LogP contribution < -0.4 is 0 Å². The highest BCUT2D eigenvalue weighted by molar-refractivity contribution is 5.94. The van der Waals surface area contributed by atoms with Crippen LogP contribution in [0.4, 0.5) is 0 Å². The zero-order valence-electron chi connectivity index (χ0n) is 20.7. The molecular formula is C29H42O4. The number of Topliss-reactive ketones (excluding diaryl/α,β-unsaturated/α-hetero) is 1. The van der Waals surface area contributed by atoms with Gasteiger partial charge in [-0.2, -0.15) is 0 Å². The minimum atomic E-state index is -0.637. The molecule has 1 aliphatic heterocycles. The van der Waals surface area contributed by atoms with Gasteiger partial charge in [0.1, 0.15) is 0 Å². The van der Waals surface area contributed by atoms with Crippen LogP contribution in [0.15, 0.2) is 35.5 Å². The molecule has 5 fully saturated rings. The number of carbonyl (C=O) groups is 1. The Hall–Kier alpha value is -1.23.